The van der Waals surface area contributed by atoms with Gasteiger partial charge in [-0.15, -0.1) is 0 Å². The van der Waals surface area contributed by atoms with Gasteiger partial charge in [0.15, 0.2) is 0 Å². The minimum absolute atomic E-state index is 1.10. The van der Waals surface area contributed by atoms with Crippen LogP contribution in [-0.2, 0) is 0 Å². The molecule has 13 aromatic rings. The number of anilines is 10. The Labute approximate surface area is 442 Å². The smallest absolute Gasteiger partial charge is 0.0699 e. The maximum atomic E-state index is 2.46. The lowest BCUT2D eigenvalue weighted by molar-refractivity contribution is 1.13. The quantitative estimate of drug-likeness (QED) is 0.154. The number of fused-ring (bicyclic) bond motifs is 8. The number of rotatable bonds is 6. The molecule has 0 aromatic heterocycles. The number of hydrogen-bond donors (Lipinski definition) is 0. The standard InChI is InChI=1S/C72H50N4/c1-73-63-31-7-11-35-67(63)75(68-36-12-8-32-64(68)73)53-39-41-59-61(45-53)71(51-25-15-23-49(43-51)57-29-17-21-47-19-3-5-27-55(47)57)60-42-40-54(76-69-37-13-9-33-65(69)74(2)66-34-10-14-38-70(66)76)46-62(60)72(59)52-26-16-24-50(44-52)58-30-18-22-48-20-4-6-28-56(48)58/h3-46H,1-2H3. The van der Waals surface area contributed by atoms with Crippen molar-refractivity contribution in [2.45, 2.75) is 0 Å². The van der Waals surface area contributed by atoms with Gasteiger partial charge in [0.1, 0.15) is 0 Å². The molecule has 0 fully saturated rings. The molecule has 0 spiro atoms. The van der Waals surface area contributed by atoms with E-state index >= 15 is 0 Å². The van der Waals surface area contributed by atoms with Gasteiger partial charge in [-0.2, -0.15) is 0 Å². The van der Waals surface area contributed by atoms with Crippen LogP contribution in [0.3, 0.4) is 0 Å². The Morgan fingerprint density at radius 2 is 0.539 bits per heavy atom. The Kier molecular flexibility index (Phi) is 9.98. The van der Waals surface area contributed by atoms with E-state index in [0.717, 1.165) is 68.0 Å². The third-order valence-corrected chi connectivity index (χ3v) is 16.0. The van der Waals surface area contributed by atoms with E-state index in [-0.39, 0.29) is 0 Å². The molecule has 0 saturated carbocycles. The van der Waals surface area contributed by atoms with Gasteiger partial charge in [0.25, 0.3) is 0 Å². The first-order chi connectivity index (χ1) is 37.6. The van der Waals surface area contributed by atoms with Crippen LogP contribution in [0.1, 0.15) is 0 Å². The maximum Gasteiger partial charge on any atom is 0.0699 e. The van der Waals surface area contributed by atoms with Gasteiger partial charge in [0, 0.05) is 25.5 Å². The van der Waals surface area contributed by atoms with Crippen molar-refractivity contribution in [2.24, 2.45) is 0 Å². The summed E-state index contributed by atoms with van der Waals surface area (Å²) < 4.78 is 0. The van der Waals surface area contributed by atoms with Crippen LogP contribution in [0.15, 0.2) is 267 Å². The van der Waals surface area contributed by atoms with Gasteiger partial charge in [-0.1, -0.05) is 182 Å². The number of hydrogen-bond acceptors (Lipinski definition) is 4. The van der Waals surface area contributed by atoms with Crippen molar-refractivity contribution in [1.29, 1.82) is 0 Å². The van der Waals surface area contributed by atoms with Crippen LogP contribution in [0.25, 0.3) is 87.6 Å². The third kappa shape index (κ3) is 6.77. The molecule has 4 nitrogen and oxygen atoms in total. The fraction of sp³-hybridized carbons (Fsp3) is 0.0278. The van der Waals surface area contributed by atoms with Crippen LogP contribution < -0.4 is 19.6 Å². The van der Waals surface area contributed by atoms with Gasteiger partial charge in [-0.05, 0) is 173 Å². The molecule has 2 aliphatic rings. The first kappa shape index (κ1) is 43.7. The summed E-state index contributed by atoms with van der Waals surface area (Å²) in [5, 5.41) is 9.68. The van der Waals surface area contributed by atoms with Gasteiger partial charge in [0.05, 0.1) is 45.5 Å². The molecule has 0 saturated heterocycles. The van der Waals surface area contributed by atoms with E-state index in [0.29, 0.717) is 0 Å². The molecule has 4 heteroatoms. The molecule has 0 unspecified atom stereocenters. The van der Waals surface area contributed by atoms with E-state index in [4.69, 9.17) is 0 Å². The van der Waals surface area contributed by atoms with Gasteiger partial charge < -0.3 is 19.6 Å². The van der Waals surface area contributed by atoms with Crippen LogP contribution >= 0.6 is 0 Å². The summed E-state index contributed by atoms with van der Waals surface area (Å²) in [6.45, 7) is 0. The van der Waals surface area contributed by atoms with E-state index < -0.39 is 0 Å². The highest BCUT2D eigenvalue weighted by Crippen LogP contribution is 2.55. The number of para-hydroxylation sites is 8. The third-order valence-electron chi connectivity index (χ3n) is 16.0. The molecular weight excluding hydrogens is 921 g/mol. The first-order valence-corrected chi connectivity index (χ1v) is 26.2. The molecule has 0 amide bonds. The van der Waals surface area contributed by atoms with Crippen LogP contribution in [0.4, 0.5) is 56.9 Å². The molecule has 13 aromatic carbocycles. The van der Waals surface area contributed by atoms with Crippen molar-refractivity contribution in [1.82, 2.24) is 0 Å². The molecule has 15 rings (SSSR count). The molecule has 0 atom stereocenters. The van der Waals surface area contributed by atoms with Crippen LogP contribution in [0.2, 0.25) is 0 Å². The molecule has 0 aliphatic carbocycles. The van der Waals surface area contributed by atoms with E-state index in [1.807, 2.05) is 0 Å². The summed E-state index contributed by atoms with van der Waals surface area (Å²) >= 11 is 0. The minimum Gasteiger partial charge on any atom is -0.341 e. The van der Waals surface area contributed by atoms with Gasteiger partial charge in [-0.25, -0.2) is 0 Å². The van der Waals surface area contributed by atoms with E-state index in [1.54, 1.807) is 0 Å². The Bertz CT molecular complexity index is 4100. The minimum atomic E-state index is 1.10. The first-order valence-electron chi connectivity index (χ1n) is 26.2. The largest absolute Gasteiger partial charge is 0.341 e. The normalized spacial score (nSPS) is 12.8. The van der Waals surface area contributed by atoms with Crippen LogP contribution in [0.5, 0.6) is 0 Å². The predicted molar refractivity (Wildman–Crippen MR) is 324 cm³/mol. The van der Waals surface area contributed by atoms with Crippen molar-refractivity contribution in [2.75, 3.05) is 33.7 Å². The zero-order chi connectivity index (χ0) is 50.4. The molecular formula is C72H50N4. The lowest BCUT2D eigenvalue weighted by Crippen LogP contribution is -2.24. The summed E-state index contributed by atoms with van der Waals surface area (Å²) in [4.78, 5) is 9.54. The Hall–Kier alpha value is -9.90. The van der Waals surface area contributed by atoms with E-state index in [1.165, 1.54) is 76.5 Å². The summed E-state index contributed by atoms with van der Waals surface area (Å²) in [6, 6.07) is 98.8. The second-order valence-corrected chi connectivity index (χ2v) is 20.2. The zero-order valence-corrected chi connectivity index (χ0v) is 42.2. The predicted octanol–water partition coefficient (Wildman–Crippen LogP) is 20.1. The SMILES string of the molecule is CN1c2ccccc2N(c2ccc3c(-c4cccc(-c5cccc6ccccc56)c4)c4cc(N5c6ccccc6N(C)c6ccccc65)ccc4c(-c4cccc(-c5cccc6ccccc56)c4)c3c2)c2ccccc21. The van der Waals surface area contributed by atoms with Crippen molar-refractivity contribution < 1.29 is 0 Å². The van der Waals surface area contributed by atoms with Crippen LogP contribution in [-0.4, -0.2) is 14.1 Å². The molecule has 0 radical (unpaired) electrons. The molecule has 76 heavy (non-hydrogen) atoms. The average molecular weight is 971 g/mol. The topological polar surface area (TPSA) is 13.0 Å². The lowest BCUT2D eigenvalue weighted by Gasteiger charge is -2.39. The average Bonchev–Trinajstić information content (AvgIpc) is 3.59. The maximum absolute atomic E-state index is 2.46. The highest BCUT2D eigenvalue weighted by atomic mass is 15.3. The second kappa shape index (κ2) is 17.4. The van der Waals surface area contributed by atoms with Crippen molar-refractivity contribution in [3.8, 4) is 44.5 Å². The Morgan fingerprint density at radius 1 is 0.224 bits per heavy atom. The molecule has 2 aliphatic heterocycles. The van der Waals surface area contributed by atoms with E-state index in [2.05, 4.69) is 301 Å². The van der Waals surface area contributed by atoms with Crippen molar-refractivity contribution in [3.05, 3.63) is 267 Å². The highest BCUT2D eigenvalue weighted by Gasteiger charge is 2.30. The number of nitrogens with zero attached hydrogens (tertiary/aromatic N) is 4. The molecule has 358 valence electrons. The lowest BCUT2D eigenvalue weighted by atomic mass is 9.84. The molecule has 0 N–H and O–H groups in total. The van der Waals surface area contributed by atoms with Gasteiger partial charge in [-0.3, -0.25) is 0 Å². The van der Waals surface area contributed by atoms with Gasteiger partial charge in [0.2, 0.25) is 0 Å². The fourth-order valence-corrected chi connectivity index (χ4v) is 12.6. The fourth-order valence-electron chi connectivity index (χ4n) is 12.6. The highest BCUT2D eigenvalue weighted by molar-refractivity contribution is 6.23. The summed E-state index contributed by atoms with van der Waals surface area (Å²) in [5.41, 5.74) is 20.9. The second-order valence-electron chi connectivity index (χ2n) is 20.2. The number of benzene rings is 13. The van der Waals surface area contributed by atoms with Gasteiger partial charge >= 0.3 is 0 Å². The summed E-state index contributed by atoms with van der Waals surface area (Å²) in [5.74, 6) is 0. The van der Waals surface area contributed by atoms with Crippen molar-refractivity contribution in [3.63, 3.8) is 0 Å². The van der Waals surface area contributed by atoms with Crippen molar-refractivity contribution >= 4 is 100.0 Å². The zero-order valence-electron chi connectivity index (χ0n) is 42.2. The monoisotopic (exact) mass is 970 g/mol. The summed E-state index contributed by atoms with van der Waals surface area (Å²) in [7, 11) is 4.35. The molecule has 2 heterocycles. The Balaban J connectivity index is 1.06. The van der Waals surface area contributed by atoms with E-state index in [9.17, 15) is 0 Å². The van der Waals surface area contributed by atoms with Crippen LogP contribution in [0, 0.1) is 0 Å². The summed E-state index contributed by atoms with van der Waals surface area (Å²) in [6.07, 6.45) is 0. The Morgan fingerprint density at radius 3 is 0.934 bits per heavy atom. The molecule has 0 bridgehead atoms.